The predicted octanol–water partition coefficient (Wildman–Crippen LogP) is 1.79. The summed E-state index contributed by atoms with van der Waals surface area (Å²) in [5.74, 6) is -0.125. The Morgan fingerprint density at radius 2 is 2.11 bits per heavy atom. The number of nitrogens with zero attached hydrogens (tertiary/aromatic N) is 2. The van der Waals surface area contributed by atoms with Gasteiger partial charge in [0.05, 0.1) is 11.3 Å². The van der Waals surface area contributed by atoms with Gasteiger partial charge in [-0.05, 0) is 30.2 Å². The number of carbonyl (C=O) groups excluding carboxylic acids is 1. The second-order valence-corrected chi connectivity index (χ2v) is 4.21. The van der Waals surface area contributed by atoms with E-state index in [-0.39, 0.29) is 5.91 Å². The van der Waals surface area contributed by atoms with Crippen molar-refractivity contribution >= 4 is 11.6 Å². The van der Waals surface area contributed by atoms with Crippen molar-refractivity contribution in [3.8, 4) is 0 Å². The molecule has 0 saturated heterocycles. The van der Waals surface area contributed by atoms with Crippen LogP contribution in [0.2, 0.25) is 0 Å². The summed E-state index contributed by atoms with van der Waals surface area (Å²) in [6.07, 6.45) is 4.18. The van der Waals surface area contributed by atoms with E-state index in [1.165, 1.54) is 5.56 Å². The van der Waals surface area contributed by atoms with Crippen LogP contribution in [0.3, 0.4) is 0 Å². The number of hydrazine groups is 1. The number of anilines is 1. The zero-order valence-corrected chi connectivity index (χ0v) is 9.84. The summed E-state index contributed by atoms with van der Waals surface area (Å²) in [6.45, 7) is 0.811. The highest BCUT2D eigenvalue weighted by Gasteiger charge is 2.20. The van der Waals surface area contributed by atoms with Gasteiger partial charge in [-0.25, -0.2) is 0 Å². The van der Waals surface area contributed by atoms with Crippen molar-refractivity contribution in [3.05, 3.63) is 59.9 Å². The van der Waals surface area contributed by atoms with Crippen LogP contribution in [0, 0.1) is 0 Å². The first-order chi connectivity index (χ1) is 8.84. The largest absolute Gasteiger partial charge is 0.285 e. The van der Waals surface area contributed by atoms with Gasteiger partial charge in [-0.3, -0.25) is 20.2 Å². The third-order valence-electron chi connectivity index (χ3n) is 3.05. The summed E-state index contributed by atoms with van der Waals surface area (Å²) in [5, 5.41) is 1.89. The van der Waals surface area contributed by atoms with E-state index in [2.05, 4.69) is 16.5 Å². The molecule has 1 aromatic carbocycles. The number of aromatic nitrogens is 1. The average molecular weight is 239 g/mol. The van der Waals surface area contributed by atoms with E-state index >= 15 is 0 Å². The highest BCUT2D eigenvalue weighted by Crippen LogP contribution is 2.25. The van der Waals surface area contributed by atoms with Gasteiger partial charge in [-0.1, -0.05) is 18.2 Å². The maximum absolute atomic E-state index is 12.0. The molecule has 2 heterocycles. The van der Waals surface area contributed by atoms with Crippen LogP contribution in [-0.4, -0.2) is 17.4 Å². The summed E-state index contributed by atoms with van der Waals surface area (Å²) < 4.78 is 0. The molecule has 0 fully saturated rings. The SMILES string of the molecule is O=C(NN1CCc2ccccc21)c1cccnc1. The van der Waals surface area contributed by atoms with Gasteiger partial charge in [0.1, 0.15) is 0 Å². The van der Waals surface area contributed by atoms with E-state index in [0.717, 1.165) is 18.7 Å². The van der Waals surface area contributed by atoms with Gasteiger partial charge in [0, 0.05) is 18.9 Å². The number of hydrogen-bond donors (Lipinski definition) is 1. The molecule has 0 aliphatic carbocycles. The lowest BCUT2D eigenvalue weighted by Crippen LogP contribution is -2.41. The molecular weight excluding hydrogens is 226 g/mol. The topological polar surface area (TPSA) is 45.2 Å². The Kier molecular flexibility index (Phi) is 2.68. The van der Waals surface area contributed by atoms with Gasteiger partial charge in [0.25, 0.3) is 5.91 Å². The molecule has 90 valence electrons. The van der Waals surface area contributed by atoms with Gasteiger partial charge in [0.15, 0.2) is 0 Å². The van der Waals surface area contributed by atoms with E-state index in [9.17, 15) is 4.79 Å². The number of rotatable bonds is 2. The van der Waals surface area contributed by atoms with Crippen molar-refractivity contribution in [2.24, 2.45) is 0 Å². The molecule has 3 rings (SSSR count). The normalized spacial score (nSPS) is 13.2. The molecule has 18 heavy (non-hydrogen) atoms. The van der Waals surface area contributed by atoms with Gasteiger partial charge in [0.2, 0.25) is 0 Å². The average Bonchev–Trinajstić information content (AvgIpc) is 2.83. The van der Waals surface area contributed by atoms with Crippen molar-refractivity contribution in [2.45, 2.75) is 6.42 Å². The van der Waals surface area contributed by atoms with Gasteiger partial charge < -0.3 is 0 Å². The third kappa shape index (κ3) is 1.93. The van der Waals surface area contributed by atoms with E-state index in [0.29, 0.717) is 5.56 Å². The first-order valence-electron chi connectivity index (χ1n) is 5.91. The molecule has 0 saturated carbocycles. The van der Waals surface area contributed by atoms with Gasteiger partial charge in [-0.2, -0.15) is 0 Å². The fourth-order valence-electron chi connectivity index (χ4n) is 2.14. The van der Waals surface area contributed by atoms with Crippen molar-refractivity contribution in [1.29, 1.82) is 0 Å². The van der Waals surface area contributed by atoms with Gasteiger partial charge in [-0.15, -0.1) is 0 Å². The molecule has 4 nitrogen and oxygen atoms in total. The fourth-order valence-corrected chi connectivity index (χ4v) is 2.14. The monoisotopic (exact) mass is 239 g/mol. The molecule has 0 atom stereocenters. The zero-order valence-electron chi connectivity index (χ0n) is 9.84. The molecule has 1 N–H and O–H groups in total. The Labute approximate surface area is 105 Å². The second kappa shape index (κ2) is 4.49. The lowest BCUT2D eigenvalue weighted by atomic mass is 10.2. The lowest BCUT2D eigenvalue weighted by molar-refractivity contribution is 0.0949. The maximum atomic E-state index is 12.0. The third-order valence-corrected chi connectivity index (χ3v) is 3.05. The van der Waals surface area contributed by atoms with Crippen LogP contribution in [0.4, 0.5) is 5.69 Å². The summed E-state index contributed by atoms with van der Waals surface area (Å²) in [7, 11) is 0. The summed E-state index contributed by atoms with van der Waals surface area (Å²) in [6, 6.07) is 11.6. The minimum Gasteiger partial charge on any atom is -0.285 e. The molecule has 1 amide bonds. The second-order valence-electron chi connectivity index (χ2n) is 4.21. The maximum Gasteiger partial charge on any atom is 0.271 e. The van der Waals surface area contributed by atoms with E-state index in [1.807, 2.05) is 23.2 Å². The molecule has 0 radical (unpaired) electrons. The highest BCUT2D eigenvalue weighted by molar-refractivity contribution is 5.95. The number of nitrogens with one attached hydrogen (secondary N) is 1. The molecule has 1 aliphatic rings. The minimum absolute atomic E-state index is 0.125. The van der Waals surface area contributed by atoms with Crippen LogP contribution < -0.4 is 10.4 Å². The summed E-state index contributed by atoms with van der Waals surface area (Å²) >= 11 is 0. The number of benzene rings is 1. The van der Waals surface area contributed by atoms with Crippen LogP contribution in [0.1, 0.15) is 15.9 Å². The molecular formula is C14H13N3O. The molecule has 0 spiro atoms. The Hall–Kier alpha value is -2.36. The number of pyridine rings is 1. The van der Waals surface area contributed by atoms with Crippen molar-refractivity contribution < 1.29 is 4.79 Å². The van der Waals surface area contributed by atoms with E-state index in [1.54, 1.807) is 24.5 Å². The highest BCUT2D eigenvalue weighted by atomic mass is 16.2. The molecule has 2 aromatic rings. The molecule has 1 aliphatic heterocycles. The quantitative estimate of drug-likeness (QED) is 0.869. The Bertz CT molecular complexity index is 568. The van der Waals surface area contributed by atoms with Crippen molar-refractivity contribution in [2.75, 3.05) is 11.6 Å². The lowest BCUT2D eigenvalue weighted by Gasteiger charge is -2.20. The van der Waals surface area contributed by atoms with Crippen LogP contribution in [0.5, 0.6) is 0 Å². The summed E-state index contributed by atoms with van der Waals surface area (Å²) in [5.41, 5.74) is 5.82. The predicted molar refractivity (Wildman–Crippen MR) is 69.2 cm³/mol. The molecule has 0 bridgehead atoms. The first kappa shape index (κ1) is 10.8. The fraction of sp³-hybridized carbons (Fsp3) is 0.143. The first-order valence-corrected chi connectivity index (χ1v) is 5.91. The standard InChI is InChI=1S/C14H13N3O/c18-14(12-5-3-8-15-10-12)16-17-9-7-11-4-1-2-6-13(11)17/h1-6,8,10H,7,9H2,(H,16,18). The number of carbonyl (C=O) groups is 1. The zero-order chi connectivity index (χ0) is 12.4. The van der Waals surface area contributed by atoms with Crippen LogP contribution >= 0.6 is 0 Å². The number of para-hydroxylation sites is 1. The van der Waals surface area contributed by atoms with E-state index in [4.69, 9.17) is 0 Å². The van der Waals surface area contributed by atoms with Crippen molar-refractivity contribution in [1.82, 2.24) is 10.4 Å². The van der Waals surface area contributed by atoms with E-state index < -0.39 is 0 Å². The number of hydrogen-bond acceptors (Lipinski definition) is 3. The summed E-state index contributed by atoms with van der Waals surface area (Å²) in [4.78, 5) is 16.0. The minimum atomic E-state index is -0.125. The number of fused-ring (bicyclic) bond motifs is 1. The van der Waals surface area contributed by atoms with Gasteiger partial charge >= 0.3 is 0 Å². The smallest absolute Gasteiger partial charge is 0.271 e. The Balaban J connectivity index is 1.77. The Morgan fingerprint density at radius 3 is 2.94 bits per heavy atom. The number of amides is 1. The van der Waals surface area contributed by atoms with Crippen LogP contribution in [-0.2, 0) is 6.42 Å². The van der Waals surface area contributed by atoms with Crippen LogP contribution in [0.25, 0.3) is 0 Å². The Morgan fingerprint density at radius 1 is 1.22 bits per heavy atom. The van der Waals surface area contributed by atoms with Crippen LogP contribution in [0.15, 0.2) is 48.8 Å². The van der Waals surface area contributed by atoms with Crippen molar-refractivity contribution in [3.63, 3.8) is 0 Å². The molecule has 1 aromatic heterocycles. The molecule has 4 heteroatoms. The molecule has 0 unspecified atom stereocenters.